The third kappa shape index (κ3) is 6.74. The highest BCUT2D eigenvalue weighted by atomic mass is 19.1. The van der Waals surface area contributed by atoms with Crippen LogP contribution in [0.1, 0.15) is 71.6 Å². The minimum atomic E-state index is -1.24. The number of rotatable bonds is 7. The van der Waals surface area contributed by atoms with Gasteiger partial charge in [0.1, 0.15) is 39.6 Å². The summed E-state index contributed by atoms with van der Waals surface area (Å²) in [6.45, 7) is 5.85. The van der Waals surface area contributed by atoms with E-state index < -0.39 is 22.8 Å². The number of aromatic nitrogens is 3. The van der Waals surface area contributed by atoms with Gasteiger partial charge < -0.3 is 34.4 Å². The van der Waals surface area contributed by atoms with E-state index in [-0.39, 0.29) is 69.6 Å². The molecule has 53 heavy (non-hydrogen) atoms. The fourth-order valence-electron chi connectivity index (χ4n) is 9.60. The molecule has 2 aliphatic heterocycles. The zero-order valence-electron chi connectivity index (χ0n) is 30.7. The molecule has 2 aromatic carbocycles. The number of aromatic hydroxyl groups is 1. The highest BCUT2D eigenvalue weighted by Crippen LogP contribution is 2.50. The lowest BCUT2D eigenvalue weighted by Crippen LogP contribution is -2.56. The predicted octanol–water partition coefficient (Wildman–Crippen LogP) is 6.13. The largest absolute Gasteiger partial charge is 0.508 e. The van der Waals surface area contributed by atoms with Crippen molar-refractivity contribution in [1.29, 1.82) is 0 Å². The summed E-state index contributed by atoms with van der Waals surface area (Å²) in [5.74, 6) is -1.35. The Morgan fingerprint density at radius 3 is 2.53 bits per heavy atom. The molecule has 0 amide bonds. The summed E-state index contributed by atoms with van der Waals surface area (Å²) in [5, 5.41) is 33.1. The first-order valence-electron chi connectivity index (χ1n) is 18.9. The Morgan fingerprint density at radius 2 is 1.74 bits per heavy atom. The van der Waals surface area contributed by atoms with E-state index in [9.17, 15) is 15.3 Å². The van der Waals surface area contributed by atoms with Gasteiger partial charge in [-0.3, -0.25) is 4.90 Å². The van der Waals surface area contributed by atoms with Crippen molar-refractivity contribution >= 4 is 27.5 Å². The van der Waals surface area contributed by atoms with Crippen molar-refractivity contribution in [3.8, 4) is 28.9 Å². The fourth-order valence-corrected chi connectivity index (χ4v) is 9.60. The monoisotopic (exact) mass is 733 g/mol. The number of methoxy groups -OCH3 is 1. The second kappa shape index (κ2) is 13.7. The number of piperidine rings is 1. The number of halogens is 2. The number of nitrogens with zero attached hydrogens (tertiary/aromatic N) is 5. The van der Waals surface area contributed by atoms with Gasteiger partial charge in [0, 0.05) is 35.0 Å². The van der Waals surface area contributed by atoms with Gasteiger partial charge in [-0.25, -0.2) is 13.8 Å². The number of benzene rings is 2. The van der Waals surface area contributed by atoms with Crippen molar-refractivity contribution in [2.45, 2.75) is 94.9 Å². The zero-order valence-corrected chi connectivity index (χ0v) is 30.7. The van der Waals surface area contributed by atoms with Gasteiger partial charge in [0.05, 0.1) is 39.1 Å². The maximum absolute atomic E-state index is 17.2. The third-order valence-electron chi connectivity index (χ3n) is 12.2. The molecule has 8 rings (SSSR count). The van der Waals surface area contributed by atoms with Crippen molar-refractivity contribution in [3.63, 3.8) is 0 Å². The normalized spacial score (nSPS) is 29.7. The fraction of sp³-hybridized carbons (Fsp3) is 0.575. The zero-order chi connectivity index (χ0) is 37.1. The quantitative estimate of drug-likeness (QED) is 0.203. The molecule has 11 nitrogen and oxygen atoms in total. The van der Waals surface area contributed by atoms with Crippen LogP contribution in [0, 0.1) is 17.0 Å². The Kier molecular flexibility index (Phi) is 9.36. The molecular formula is C40H49F2N5O6. The van der Waals surface area contributed by atoms with E-state index in [1.54, 1.807) is 13.0 Å². The van der Waals surface area contributed by atoms with E-state index in [0.29, 0.717) is 37.2 Å². The Balaban J connectivity index is 1.22. The van der Waals surface area contributed by atoms with Gasteiger partial charge in [0.15, 0.2) is 5.82 Å². The molecule has 0 bridgehead atoms. The molecule has 3 N–H and O–H groups in total. The van der Waals surface area contributed by atoms with Crippen LogP contribution >= 0.6 is 0 Å². The molecule has 4 aromatic rings. The number of β-amino-alcohol motifs (C(OH)–C–C–N with tert-alkyl or cyclic N) is 1. The van der Waals surface area contributed by atoms with Gasteiger partial charge in [-0.1, -0.05) is 18.6 Å². The van der Waals surface area contributed by atoms with Crippen molar-refractivity contribution in [3.05, 3.63) is 42.0 Å². The summed E-state index contributed by atoms with van der Waals surface area (Å²) in [5.41, 5.74) is -2.30. The highest BCUT2D eigenvalue weighted by molar-refractivity contribution is 6.02. The van der Waals surface area contributed by atoms with Crippen molar-refractivity contribution in [2.24, 2.45) is 5.41 Å². The van der Waals surface area contributed by atoms with Crippen LogP contribution in [0.15, 0.2) is 30.3 Å². The summed E-state index contributed by atoms with van der Waals surface area (Å²) < 4.78 is 50.6. The summed E-state index contributed by atoms with van der Waals surface area (Å²) in [7, 11) is 1.40. The van der Waals surface area contributed by atoms with Gasteiger partial charge in [0.25, 0.3) is 0 Å². The van der Waals surface area contributed by atoms with Crippen LogP contribution in [0.5, 0.6) is 17.6 Å². The molecule has 284 valence electrons. The first-order valence-corrected chi connectivity index (χ1v) is 18.9. The molecule has 2 saturated carbocycles. The summed E-state index contributed by atoms with van der Waals surface area (Å²) >= 11 is 0. The second-order valence-corrected chi connectivity index (χ2v) is 16.3. The average molecular weight is 734 g/mol. The number of likely N-dealkylation sites (tertiary alicyclic amines) is 1. The minimum absolute atomic E-state index is 0.000534. The van der Waals surface area contributed by atoms with Gasteiger partial charge in [-0.05, 0) is 95.3 Å². The number of phenolic OH excluding ortho intramolecular Hbond substituents is 1. The smallest absolute Gasteiger partial charge is 0.319 e. The van der Waals surface area contributed by atoms with Gasteiger partial charge in [-0.15, -0.1) is 0 Å². The van der Waals surface area contributed by atoms with Crippen LogP contribution < -0.4 is 14.4 Å². The number of fused-ring (bicyclic) bond motifs is 3. The first kappa shape index (κ1) is 36.1. The predicted molar refractivity (Wildman–Crippen MR) is 196 cm³/mol. The van der Waals surface area contributed by atoms with Crippen molar-refractivity contribution in [2.75, 3.05) is 51.5 Å². The van der Waals surface area contributed by atoms with E-state index in [4.69, 9.17) is 19.2 Å². The number of ether oxygens (including phenoxy) is 3. The van der Waals surface area contributed by atoms with Gasteiger partial charge in [0.2, 0.25) is 5.88 Å². The van der Waals surface area contributed by atoms with E-state index >= 15 is 8.78 Å². The number of hydrogen-bond donors (Lipinski definition) is 3. The van der Waals surface area contributed by atoms with E-state index in [1.807, 2.05) is 11.8 Å². The number of aliphatic hydroxyl groups is 2. The maximum Gasteiger partial charge on any atom is 0.319 e. The Labute approximate surface area is 307 Å². The average Bonchev–Trinajstić information content (AvgIpc) is 3.47. The molecule has 2 aromatic heterocycles. The molecule has 2 unspecified atom stereocenters. The van der Waals surface area contributed by atoms with E-state index in [2.05, 4.69) is 14.9 Å². The van der Waals surface area contributed by atoms with Crippen LogP contribution in [0.3, 0.4) is 0 Å². The lowest BCUT2D eigenvalue weighted by molar-refractivity contribution is -0.0567. The van der Waals surface area contributed by atoms with Gasteiger partial charge >= 0.3 is 6.01 Å². The Bertz CT molecular complexity index is 2020. The SMILES string of the molecule is COc1nc(-c2cc(O)cc3cccc(F)c23)c(F)c2nc(OCC34CCCC3N(C3CCC(C)(O)CC3)CCC4)nc(N3CCOC[C@@](C)(O)C3)c12. The summed E-state index contributed by atoms with van der Waals surface area (Å²) in [6.07, 6.45) is 8.71. The molecule has 2 aliphatic carbocycles. The second-order valence-electron chi connectivity index (χ2n) is 16.3. The summed E-state index contributed by atoms with van der Waals surface area (Å²) in [6, 6.07) is 7.86. The molecule has 0 radical (unpaired) electrons. The molecule has 4 aliphatic rings. The van der Waals surface area contributed by atoms with Gasteiger partial charge in [-0.2, -0.15) is 9.97 Å². The maximum atomic E-state index is 17.2. The van der Waals surface area contributed by atoms with Crippen LogP contribution in [0.4, 0.5) is 14.6 Å². The van der Waals surface area contributed by atoms with Crippen LogP contribution in [0.25, 0.3) is 32.9 Å². The minimum Gasteiger partial charge on any atom is -0.508 e. The third-order valence-corrected chi connectivity index (χ3v) is 12.2. The molecule has 13 heteroatoms. The molecule has 2 saturated heterocycles. The number of pyridine rings is 1. The first-order chi connectivity index (χ1) is 25.4. The molecule has 4 fully saturated rings. The lowest BCUT2D eigenvalue weighted by Gasteiger charge is -2.51. The topological polar surface area (TPSA) is 134 Å². The van der Waals surface area contributed by atoms with E-state index in [1.165, 1.54) is 31.4 Å². The van der Waals surface area contributed by atoms with E-state index in [0.717, 1.165) is 64.3 Å². The number of phenols is 1. The Hall–Kier alpha value is -3.91. The lowest BCUT2D eigenvalue weighted by atomic mass is 9.73. The molecular weight excluding hydrogens is 684 g/mol. The molecule has 0 spiro atoms. The molecule has 4 heterocycles. The number of hydrogen-bond acceptors (Lipinski definition) is 11. The van der Waals surface area contributed by atoms with Crippen LogP contribution in [-0.2, 0) is 4.74 Å². The summed E-state index contributed by atoms with van der Waals surface area (Å²) in [4.78, 5) is 18.6. The Morgan fingerprint density at radius 1 is 0.943 bits per heavy atom. The highest BCUT2D eigenvalue weighted by Gasteiger charge is 2.50. The number of anilines is 1. The van der Waals surface area contributed by atoms with Crippen molar-refractivity contribution in [1.82, 2.24) is 19.9 Å². The van der Waals surface area contributed by atoms with Crippen molar-refractivity contribution < 1.29 is 38.3 Å². The van der Waals surface area contributed by atoms with Crippen LogP contribution in [-0.4, -0.2) is 105 Å². The molecule has 3 atom stereocenters. The standard InChI is InChI=1S/C40H49F2N5O6/c1-38(49)14-10-25(11-15-38)47-16-6-13-40(12-5-9-29(40)47)23-53-37-44-34-31(35(45-37)46-17-18-52-22-39(2,50)21-46)36(51-3)43-33(32(34)42)27-20-26(48)19-24-7-4-8-28(41)30(24)27/h4,7-8,19-20,25,29,48-50H,5-6,9-18,21-23H2,1-3H3/t25?,29?,38?,39-,40?/m0/s1. The van der Waals surface area contributed by atoms with Crippen LogP contribution in [0.2, 0.25) is 0 Å².